The molecule has 3 nitrogen and oxygen atoms in total. The van der Waals surface area contributed by atoms with E-state index in [1.165, 1.54) is 12.8 Å². The summed E-state index contributed by atoms with van der Waals surface area (Å²) in [7, 11) is 0. The molecule has 2 N–H and O–H groups in total. The van der Waals surface area contributed by atoms with E-state index in [1.807, 2.05) is 24.3 Å². The Hall–Kier alpha value is -1.61. The standard InChI is InChI=1S/C20H32O3/c1-2-3-13-16-19(21)17-14-11-9-7-5-4-6-8-10-12-15-18-20(22)23/h4-5,8-11,14,17,19,21H,2-3,6-7,12-13,15-16,18H2,1H3,(H,22,23)/b5-4-,10-8-,11-9-,17-14+/t19-/m0/s1. The van der Waals surface area contributed by atoms with Gasteiger partial charge in [-0.05, 0) is 32.1 Å². The van der Waals surface area contributed by atoms with Crippen LogP contribution in [0.1, 0.15) is 64.7 Å². The molecule has 0 aliphatic rings. The van der Waals surface area contributed by atoms with Crippen LogP contribution in [0.2, 0.25) is 0 Å². The monoisotopic (exact) mass is 320 g/mol. The summed E-state index contributed by atoms with van der Waals surface area (Å²) >= 11 is 0. The van der Waals surface area contributed by atoms with E-state index in [-0.39, 0.29) is 12.5 Å². The number of allylic oxidation sites excluding steroid dienone is 7. The third-order valence-corrected chi connectivity index (χ3v) is 3.32. The minimum atomic E-state index is -0.729. The van der Waals surface area contributed by atoms with Crippen molar-refractivity contribution < 1.29 is 15.0 Å². The highest BCUT2D eigenvalue weighted by molar-refractivity contribution is 5.66. The number of aliphatic hydroxyl groups excluding tert-OH is 1. The molecule has 0 aliphatic heterocycles. The number of rotatable bonds is 14. The number of unbranched alkanes of at least 4 members (excludes halogenated alkanes) is 3. The topological polar surface area (TPSA) is 57.5 Å². The van der Waals surface area contributed by atoms with Crippen LogP contribution in [0.15, 0.2) is 48.6 Å². The van der Waals surface area contributed by atoms with E-state index in [2.05, 4.69) is 31.2 Å². The fourth-order valence-corrected chi connectivity index (χ4v) is 1.98. The molecule has 0 bridgehead atoms. The van der Waals surface area contributed by atoms with Crippen LogP contribution in [0, 0.1) is 0 Å². The van der Waals surface area contributed by atoms with Gasteiger partial charge in [0.05, 0.1) is 6.10 Å². The Labute approximate surface area is 141 Å². The maximum Gasteiger partial charge on any atom is 0.303 e. The van der Waals surface area contributed by atoms with Crippen molar-refractivity contribution in [3.63, 3.8) is 0 Å². The first kappa shape index (κ1) is 21.4. The molecule has 23 heavy (non-hydrogen) atoms. The summed E-state index contributed by atoms with van der Waals surface area (Å²) in [6.07, 6.45) is 23.6. The maximum absolute atomic E-state index is 10.3. The first-order valence-corrected chi connectivity index (χ1v) is 8.70. The molecule has 3 heteroatoms. The molecule has 0 aromatic heterocycles. The molecule has 0 fully saturated rings. The normalized spacial score (nSPS) is 13.8. The second kappa shape index (κ2) is 16.8. The quantitative estimate of drug-likeness (QED) is 0.263. The maximum atomic E-state index is 10.3. The Morgan fingerprint density at radius 1 is 0.957 bits per heavy atom. The third kappa shape index (κ3) is 18.3. The number of aliphatic hydroxyl groups is 1. The number of aliphatic carboxylic acids is 1. The van der Waals surface area contributed by atoms with Crippen LogP contribution in [0.4, 0.5) is 0 Å². The zero-order valence-electron chi connectivity index (χ0n) is 14.4. The molecule has 0 saturated heterocycles. The Balaban J connectivity index is 3.57. The summed E-state index contributed by atoms with van der Waals surface area (Å²) < 4.78 is 0. The molecule has 0 unspecified atom stereocenters. The minimum Gasteiger partial charge on any atom is -0.481 e. The van der Waals surface area contributed by atoms with E-state index < -0.39 is 5.97 Å². The second-order valence-electron chi connectivity index (χ2n) is 5.58. The SMILES string of the molecule is CCCCC[C@H](O)/C=C/C=C\C/C=C\C/C=C\CCCC(=O)O. The number of hydrogen-bond donors (Lipinski definition) is 2. The highest BCUT2D eigenvalue weighted by atomic mass is 16.4. The molecule has 0 heterocycles. The Kier molecular flexibility index (Phi) is 15.6. The van der Waals surface area contributed by atoms with E-state index in [1.54, 1.807) is 0 Å². The van der Waals surface area contributed by atoms with Crippen LogP contribution in [0.3, 0.4) is 0 Å². The van der Waals surface area contributed by atoms with Gasteiger partial charge in [0.1, 0.15) is 0 Å². The van der Waals surface area contributed by atoms with Gasteiger partial charge < -0.3 is 10.2 Å². The van der Waals surface area contributed by atoms with E-state index in [0.29, 0.717) is 6.42 Å². The lowest BCUT2D eigenvalue weighted by atomic mass is 10.1. The van der Waals surface area contributed by atoms with Gasteiger partial charge in [-0.25, -0.2) is 0 Å². The number of hydrogen-bond acceptors (Lipinski definition) is 2. The van der Waals surface area contributed by atoms with Crippen molar-refractivity contribution in [3.05, 3.63) is 48.6 Å². The van der Waals surface area contributed by atoms with Gasteiger partial charge in [-0.15, -0.1) is 0 Å². The zero-order valence-corrected chi connectivity index (χ0v) is 14.4. The van der Waals surface area contributed by atoms with Crippen molar-refractivity contribution in [3.8, 4) is 0 Å². The van der Waals surface area contributed by atoms with Crippen molar-refractivity contribution in [2.45, 2.75) is 70.8 Å². The fraction of sp³-hybridized carbons (Fsp3) is 0.550. The molecular formula is C20H32O3. The summed E-state index contributed by atoms with van der Waals surface area (Å²) in [5.41, 5.74) is 0. The molecule has 0 aromatic rings. The van der Waals surface area contributed by atoms with Gasteiger partial charge in [0.25, 0.3) is 0 Å². The molecular weight excluding hydrogens is 288 g/mol. The molecule has 0 rings (SSSR count). The second-order valence-corrected chi connectivity index (χ2v) is 5.58. The summed E-state index contributed by atoms with van der Waals surface area (Å²) in [5, 5.41) is 18.2. The molecule has 130 valence electrons. The Bertz CT molecular complexity index is 392. The summed E-state index contributed by atoms with van der Waals surface area (Å²) in [4.78, 5) is 10.3. The predicted octanol–water partition coefficient (Wildman–Crippen LogP) is 5.19. The third-order valence-electron chi connectivity index (χ3n) is 3.32. The summed E-state index contributed by atoms with van der Waals surface area (Å²) in [5.74, 6) is -0.729. The fourth-order valence-electron chi connectivity index (χ4n) is 1.98. The molecule has 0 amide bonds. The van der Waals surface area contributed by atoms with Crippen LogP contribution >= 0.6 is 0 Å². The Morgan fingerprint density at radius 2 is 1.65 bits per heavy atom. The summed E-state index contributed by atoms with van der Waals surface area (Å²) in [6, 6.07) is 0. The van der Waals surface area contributed by atoms with Crippen LogP contribution in [-0.4, -0.2) is 22.3 Å². The van der Waals surface area contributed by atoms with Gasteiger partial charge in [-0.2, -0.15) is 0 Å². The number of carbonyl (C=O) groups is 1. The minimum absolute atomic E-state index is 0.242. The largest absolute Gasteiger partial charge is 0.481 e. The summed E-state index contributed by atoms with van der Waals surface area (Å²) in [6.45, 7) is 2.16. The van der Waals surface area contributed by atoms with Crippen LogP contribution in [0.25, 0.3) is 0 Å². The van der Waals surface area contributed by atoms with Gasteiger partial charge >= 0.3 is 5.97 Å². The molecule has 0 radical (unpaired) electrons. The van der Waals surface area contributed by atoms with E-state index in [4.69, 9.17) is 5.11 Å². The lowest BCUT2D eigenvalue weighted by Gasteiger charge is -2.02. The van der Waals surface area contributed by atoms with Gasteiger partial charge in [0.2, 0.25) is 0 Å². The van der Waals surface area contributed by atoms with Crippen molar-refractivity contribution in [2.24, 2.45) is 0 Å². The van der Waals surface area contributed by atoms with Gasteiger partial charge in [-0.3, -0.25) is 4.79 Å². The van der Waals surface area contributed by atoms with E-state index in [0.717, 1.165) is 32.1 Å². The molecule has 0 aliphatic carbocycles. The van der Waals surface area contributed by atoms with Crippen molar-refractivity contribution in [1.82, 2.24) is 0 Å². The molecule has 0 aromatic carbocycles. The average molecular weight is 320 g/mol. The lowest BCUT2D eigenvalue weighted by molar-refractivity contribution is -0.137. The van der Waals surface area contributed by atoms with Gasteiger partial charge in [-0.1, -0.05) is 74.8 Å². The van der Waals surface area contributed by atoms with Crippen molar-refractivity contribution in [2.75, 3.05) is 0 Å². The highest BCUT2D eigenvalue weighted by Crippen LogP contribution is 2.04. The van der Waals surface area contributed by atoms with Crippen LogP contribution < -0.4 is 0 Å². The van der Waals surface area contributed by atoms with Gasteiger partial charge in [0.15, 0.2) is 0 Å². The number of carboxylic acids is 1. The highest BCUT2D eigenvalue weighted by Gasteiger charge is 1.96. The average Bonchev–Trinajstić information content (AvgIpc) is 2.51. The molecule has 0 saturated carbocycles. The van der Waals surface area contributed by atoms with Crippen LogP contribution in [0.5, 0.6) is 0 Å². The predicted molar refractivity (Wildman–Crippen MR) is 97.4 cm³/mol. The van der Waals surface area contributed by atoms with Gasteiger partial charge in [0, 0.05) is 6.42 Å². The smallest absolute Gasteiger partial charge is 0.303 e. The first-order valence-electron chi connectivity index (χ1n) is 8.70. The lowest BCUT2D eigenvalue weighted by Crippen LogP contribution is -2.00. The van der Waals surface area contributed by atoms with Crippen molar-refractivity contribution >= 4 is 5.97 Å². The Morgan fingerprint density at radius 3 is 2.35 bits per heavy atom. The number of carboxylic acid groups (broad SMARTS) is 1. The first-order chi connectivity index (χ1) is 11.2. The van der Waals surface area contributed by atoms with E-state index >= 15 is 0 Å². The zero-order chi connectivity index (χ0) is 17.2. The van der Waals surface area contributed by atoms with Crippen molar-refractivity contribution in [1.29, 1.82) is 0 Å². The van der Waals surface area contributed by atoms with E-state index in [9.17, 15) is 9.90 Å². The molecule has 0 spiro atoms. The van der Waals surface area contributed by atoms with Crippen LogP contribution in [-0.2, 0) is 4.79 Å². The molecule has 1 atom stereocenters.